The molecule has 6 nitrogen and oxygen atoms in total. The van der Waals surface area contributed by atoms with Crippen molar-refractivity contribution >= 4 is 17.5 Å². The molecule has 0 amide bonds. The van der Waals surface area contributed by atoms with Crippen molar-refractivity contribution in [3.05, 3.63) is 35.3 Å². The molecule has 1 N–H and O–H groups in total. The van der Waals surface area contributed by atoms with E-state index < -0.39 is 0 Å². The van der Waals surface area contributed by atoms with Crippen LogP contribution in [0.15, 0.2) is 18.3 Å². The fourth-order valence-corrected chi connectivity index (χ4v) is 5.26. The van der Waals surface area contributed by atoms with E-state index in [1.165, 1.54) is 16.8 Å². The van der Waals surface area contributed by atoms with Crippen molar-refractivity contribution in [2.45, 2.75) is 71.0 Å². The van der Waals surface area contributed by atoms with Gasteiger partial charge in [0.1, 0.15) is 0 Å². The number of allylic oxidation sites excluding steroid dienone is 1. The highest BCUT2D eigenvalue weighted by Crippen LogP contribution is 2.35. The molecule has 2 aromatic rings. The summed E-state index contributed by atoms with van der Waals surface area (Å²) in [5.41, 5.74) is 4.80. The molecule has 0 aromatic carbocycles. The number of aromatic nitrogens is 4. The lowest BCUT2D eigenvalue weighted by molar-refractivity contribution is 0.160. The highest BCUT2D eigenvalue weighted by molar-refractivity contribution is 5.83. The molecule has 0 saturated carbocycles. The Labute approximate surface area is 174 Å². The molecule has 1 aliphatic heterocycles. The van der Waals surface area contributed by atoms with Crippen molar-refractivity contribution in [2.24, 2.45) is 13.0 Å². The summed E-state index contributed by atoms with van der Waals surface area (Å²) in [6.45, 7) is 11.4. The van der Waals surface area contributed by atoms with Crippen LogP contribution >= 0.6 is 0 Å². The number of hydrogen-bond acceptors (Lipinski definition) is 5. The standard InChI is InChI=1S/C23H34N6/c1-15-10-20-16(14-28(6)26-20)11-18(15)19-8-9-21(25-24-19)29(7)17-12-22(2,3)27-23(4,5)13-17/h8-9,11,14-15,17,27H,10,12-13H2,1-7H3. The van der Waals surface area contributed by atoms with Gasteiger partial charge in [-0.1, -0.05) is 6.92 Å². The Bertz CT molecular complexity index is 905. The molecule has 3 heterocycles. The van der Waals surface area contributed by atoms with E-state index in [4.69, 9.17) is 0 Å². The van der Waals surface area contributed by atoms with Crippen LogP contribution in [0.3, 0.4) is 0 Å². The van der Waals surface area contributed by atoms with Gasteiger partial charge in [0.15, 0.2) is 5.82 Å². The molecule has 1 saturated heterocycles. The fraction of sp³-hybridized carbons (Fsp3) is 0.609. The van der Waals surface area contributed by atoms with E-state index in [1.54, 1.807) is 0 Å². The smallest absolute Gasteiger partial charge is 0.151 e. The zero-order chi connectivity index (χ0) is 21.0. The van der Waals surface area contributed by atoms with Crippen LogP contribution in [-0.4, -0.2) is 44.1 Å². The van der Waals surface area contributed by atoms with Gasteiger partial charge in [0.2, 0.25) is 0 Å². The van der Waals surface area contributed by atoms with Crippen LogP contribution in [0.2, 0.25) is 0 Å². The van der Waals surface area contributed by atoms with Crippen molar-refractivity contribution in [1.29, 1.82) is 0 Å². The summed E-state index contributed by atoms with van der Waals surface area (Å²) in [5.74, 6) is 1.33. The minimum atomic E-state index is 0.109. The Balaban J connectivity index is 1.56. The predicted molar refractivity (Wildman–Crippen MR) is 119 cm³/mol. The van der Waals surface area contributed by atoms with E-state index in [9.17, 15) is 0 Å². The van der Waals surface area contributed by atoms with Crippen molar-refractivity contribution in [1.82, 2.24) is 25.3 Å². The summed E-state index contributed by atoms with van der Waals surface area (Å²) in [7, 11) is 4.13. The summed E-state index contributed by atoms with van der Waals surface area (Å²) >= 11 is 0. The lowest BCUT2D eigenvalue weighted by Crippen LogP contribution is -2.62. The third kappa shape index (κ3) is 4.08. The van der Waals surface area contributed by atoms with E-state index in [0.717, 1.165) is 30.8 Å². The van der Waals surface area contributed by atoms with Crippen LogP contribution in [0.25, 0.3) is 11.6 Å². The second-order valence-corrected chi connectivity index (χ2v) is 10.3. The molecule has 0 spiro atoms. The van der Waals surface area contributed by atoms with Crippen LogP contribution in [0, 0.1) is 5.92 Å². The van der Waals surface area contributed by atoms with E-state index >= 15 is 0 Å². The van der Waals surface area contributed by atoms with E-state index in [1.807, 2.05) is 11.7 Å². The summed E-state index contributed by atoms with van der Waals surface area (Å²) in [5, 5.41) is 17.6. The lowest BCUT2D eigenvalue weighted by Gasteiger charge is -2.49. The average Bonchev–Trinajstić information content (AvgIpc) is 2.97. The highest BCUT2D eigenvalue weighted by Gasteiger charge is 2.39. The molecule has 2 aliphatic rings. The molecule has 0 bridgehead atoms. The van der Waals surface area contributed by atoms with Crippen LogP contribution < -0.4 is 10.2 Å². The third-order valence-corrected chi connectivity index (χ3v) is 6.30. The van der Waals surface area contributed by atoms with Crippen molar-refractivity contribution in [3.63, 3.8) is 0 Å². The second-order valence-electron chi connectivity index (χ2n) is 10.3. The molecule has 156 valence electrons. The highest BCUT2D eigenvalue weighted by atomic mass is 15.3. The molecule has 4 rings (SSSR count). The Morgan fingerprint density at radius 1 is 1.10 bits per heavy atom. The first-order valence-electron chi connectivity index (χ1n) is 10.6. The first kappa shape index (κ1) is 20.1. The predicted octanol–water partition coefficient (Wildman–Crippen LogP) is 3.69. The maximum absolute atomic E-state index is 4.62. The number of piperidine rings is 1. The van der Waals surface area contributed by atoms with Gasteiger partial charge in [-0.05, 0) is 76.7 Å². The minimum Gasteiger partial charge on any atom is -0.355 e. The zero-order valence-corrected chi connectivity index (χ0v) is 18.8. The molecule has 6 heteroatoms. The molecular weight excluding hydrogens is 360 g/mol. The van der Waals surface area contributed by atoms with Gasteiger partial charge < -0.3 is 10.2 Å². The van der Waals surface area contributed by atoms with E-state index in [2.05, 4.69) is 91.6 Å². The molecule has 29 heavy (non-hydrogen) atoms. The number of anilines is 1. The first-order chi connectivity index (χ1) is 13.5. The minimum absolute atomic E-state index is 0.109. The van der Waals surface area contributed by atoms with Gasteiger partial charge in [-0.3, -0.25) is 4.68 Å². The van der Waals surface area contributed by atoms with Crippen molar-refractivity contribution in [3.8, 4) is 0 Å². The molecular formula is C23H34N6. The normalized spacial score (nSPS) is 23.4. The molecule has 0 radical (unpaired) electrons. The average molecular weight is 395 g/mol. The Hall–Kier alpha value is -2.21. The molecule has 1 atom stereocenters. The second kappa shape index (κ2) is 6.94. The molecule has 2 aromatic heterocycles. The van der Waals surface area contributed by atoms with Crippen LogP contribution in [0.1, 0.15) is 64.4 Å². The third-order valence-electron chi connectivity index (χ3n) is 6.30. The van der Waals surface area contributed by atoms with Gasteiger partial charge in [0.25, 0.3) is 0 Å². The van der Waals surface area contributed by atoms with Crippen LogP contribution in [-0.2, 0) is 13.5 Å². The Morgan fingerprint density at radius 2 is 1.79 bits per heavy atom. The summed E-state index contributed by atoms with van der Waals surface area (Å²) in [4.78, 5) is 2.30. The number of aryl methyl sites for hydroxylation is 1. The summed E-state index contributed by atoms with van der Waals surface area (Å²) in [6.07, 6.45) is 7.42. The van der Waals surface area contributed by atoms with Crippen molar-refractivity contribution < 1.29 is 0 Å². The van der Waals surface area contributed by atoms with Gasteiger partial charge in [0.05, 0.1) is 11.4 Å². The largest absolute Gasteiger partial charge is 0.355 e. The number of nitrogens with zero attached hydrogens (tertiary/aromatic N) is 5. The number of rotatable bonds is 3. The van der Waals surface area contributed by atoms with Gasteiger partial charge >= 0.3 is 0 Å². The maximum atomic E-state index is 4.62. The SMILES string of the molecule is CC1Cc2nn(C)cc2C=C1c1ccc(N(C)C2CC(C)(C)NC(C)(C)C2)nn1. The number of hydrogen-bond donors (Lipinski definition) is 1. The van der Waals surface area contributed by atoms with Gasteiger partial charge in [-0.15, -0.1) is 10.2 Å². The number of fused-ring (bicyclic) bond motifs is 1. The summed E-state index contributed by atoms with van der Waals surface area (Å²) in [6, 6.07) is 4.68. The van der Waals surface area contributed by atoms with Gasteiger partial charge in [0, 0.05) is 43.0 Å². The quantitative estimate of drug-likeness (QED) is 0.860. The fourth-order valence-electron chi connectivity index (χ4n) is 5.26. The van der Waals surface area contributed by atoms with Gasteiger partial charge in [-0.2, -0.15) is 5.10 Å². The molecule has 1 unspecified atom stereocenters. The van der Waals surface area contributed by atoms with E-state index in [-0.39, 0.29) is 11.1 Å². The maximum Gasteiger partial charge on any atom is 0.151 e. The van der Waals surface area contributed by atoms with Crippen LogP contribution in [0.5, 0.6) is 0 Å². The summed E-state index contributed by atoms with van der Waals surface area (Å²) < 4.78 is 1.89. The number of nitrogens with one attached hydrogen (secondary N) is 1. The molecule has 1 aliphatic carbocycles. The Kier molecular flexibility index (Phi) is 4.80. The van der Waals surface area contributed by atoms with Crippen molar-refractivity contribution in [2.75, 3.05) is 11.9 Å². The molecule has 1 fully saturated rings. The van der Waals surface area contributed by atoms with E-state index in [0.29, 0.717) is 12.0 Å². The van der Waals surface area contributed by atoms with Crippen LogP contribution in [0.4, 0.5) is 5.82 Å². The first-order valence-corrected chi connectivity index (χ1v) is 10.6. The van der Waals surface area contributed by atoms with Gasteiger partial charge in [-0.25, -0.2) is 0 Å². The lowest BCUT2D eigenvalue weighted by atomic mass is 9.79. The zero-order valence-electron chi connectivity index (χ0n) is 18.8. The monoisotopic (exact) mass is 394 g/mol. The topological polar surface area (TPSA) is 58.9 Å². The Morgan fingerprint density at radius 3 is 2.41 bits per heavy atom.